The maximum absolute atomic E-state index is 12.6. The molecule has 0 spiro atoms. The molecule has 2 heterocycles. The minimum atomic E-state index is -2.01. The molecule has 0 amide bonds. The summed E-state index contributed by atoms with van der Waals surface area (Å²) in [5.41, 5.74) is -1.72. The van der Waals surface area contributed by atoms with Gasteiger partial charge < -0.3 is 9.47 Å². The van der Waals surface area contributed by atoms with E-state index in [1.54, 1.807) is 37.4 Å². The smallest absolute Gasteiger partial charge is 0.343 e. The number of likely N-dealkylation sites (N-methyl/N-ethyl adjacent to an activating group) is 1. The molecule has 0 saturated carbocycles. The molecule has 2 fully saturated rings. The molecule has 2 saturated heterocycles. The van der Waals surface area contributed by atoms with Crippen LogP contribution in [0.5, 0.6) is 0 Å². The first-order valence-electron chi connectivity index (χ1n) is 8.30. The lowest BCUT2D eigenvalue weighted by Crippen LogP contribution is -2.69. The van der Waals surface area contributed by atoms with Crippen molar-refractivity contribution >= 4 is 11.9 Å². The topological polar surface area (TPSA) is 108 Å². The van der Waals surface area contributed by atoms with Crippen LogP contribution in [0.25, 0.3) is 0 Å². The number of esters is 2. The van der Waals surface area contributed by atoms with E-state index in [4.69, 9.17) is 14.3 Å². The molecule has 9 heteroatoms. The summed E-state index contributed by atoms with van der Waals surface area (Å²) in [6, 6.07) is 7.67. The van der Waals surface area contributed by atoms with Crippen molar-refractivity contribution in [3.8, 4) is 0 Å². The monoisotopic (exact) mass is 364 g/mol. The van der Waals surface area contributed by atoms with Crippen molar-refractivity contribution in [1.82, 2.24) is 4.90 Å². The molecular weight excluding hydrogens is 344 g/mol. The number of benzene rings is 1. The average molecular weight is 364 g/mol. The van der Waals surface area contributed by atoms with Gasteiger partial charge in [0.25, 0.3) is 10.7 Å². The second-order valence-electron chi connectivity index (χ2n) is 6.51. The van der Waals surface area contributed by atoms with Crippen LogP contribution in [0.1, 0.15) is 29.6 Å². The van der Waals surface area contributed by atoms with Crippen molar-refractivity contribution in [2.45, 2.75) is 43.1 Å². The van der Waals surface area contributed by atoms with E-state index in [1.807, 2.05) is 4.90 Å². The van der Waals surface area contributed by atoms with Crippen LogP contribution < -0.4 is 0 Å². The van der Waals surface area contributed by atoms with Gasteiger partial charge in [0.1, 0.15) is 6.10 Å². The summed E-state index contributed by atoms with van der Waals surface area (Å²) in [6.45, 7) is 0. The summed E-state index contributed by atoms with van der Waals surface area (Å²) in [4.78, 5) is 43.1. The highest BCUT2D eigenvalue weighted by Crippen LogP contribution is 2.45. The van der Waals surface area contributed by atoms with Crippen LogP contribution in [0.2, 0.25) is 0 Å². The lowest BCUT2D eigenvalue weighted by atomic mass is 9.82. The maximum Gasteiger partial charge on any atom is 0.343 e. The lowest BCUT2D eigenvalue weighted by Gasteiger charge is -2.47. The Balaban J connectivity index is 1.98. The molecule has 0 N–H and O–H groups in total. The SMILES string of the molecule is COC(=O)[C@]1(O[N+](=O)[O-])[C@@H](OC(=O)c2ccccc2)C[C@H]2CC[C@@H]1N2C. The maximum atomic E-state index is 12.6. The first kappa shape index (κ1) is 18.1. The zero-order chi connectivity index (χ0) is 18.9. The number of piperidine rings is 1. The van der Waals surface area contributed by atoms with E-state index in [9.17, 15) is 19.7 Å². The van der Waals surface area contributed by atoms with Crippen molar-refractivity contribution in [2.75, 3.05) is 14.2 Å². The molecule has 26 heavy (non-hydrogen) atoms. The summed E-state index contributed by atoms with van der Waals surface area (Å²) in [5.74, 6) is -1.59. The molecule has 2 aliphatic heterocycles. The quantitative estimate of drug-likeness (QED) is 0.436. The Kier molecular flexibility index (Phi) is 4.82. The van der Waals surface area contributed by atoms with Gasteiger partial charge >= 0.3 is 11.9 Å². The fourth-order valence-corrected chi connectivity index (χ4v) is 4.06. The van der Waals surface area contributed by atoms with Crippen molar-refractivity contribution in [3.05, 3.63) is 46.0 Å². The third-order valence-corrected chi connectivity index (χ3v) is 5.29. The Morgan fingerprint density at radius 1 is 1.27 bits per heavy atom. The van der Waals surface area contributed by atoms with E-state index < -0.39 is 34.8 Å². The van der Waals surface area contributed by atoms with Crippen molar-refractivity contribution < 1.29 is 29.0 Å². The van der Waals surface area contributed by atoms with E-state index in [0.717, 1.165) is 13.5 Å². The molecule has 2 bridgehead atoms. The number of rotatable bonds is 5. The van der Waals surface area contributed by atoms with Crippen molar-refractivity contribution in [1.29, 1.82) is 0 Å². The highest BCUT2D eigenvalue weighted by molar-refractivity contribution is 5.90. The summed E-state index contributed by atoms with van der Waals surface area (Å²) in [7, 11) is 2.91. The van der Waals surface area contributed by atoms with E-state index >= 15 is 0 Å². The number of carbonyl (C=O) groups is 2. The molecule has 4 atom stereocenters. The number of fused-ring (bicyclic) bond motifs is 2. The van der Waals surface area contributed by atoms with Crippen LogP contribution in [0.4, 0.5) is 0 Å². The number of nitrogens with zero attached hydrogens (tertiary/aromatic N) is 2. The standard InChI is InChI=1S/C17H20N2O7/c1-18-12-8-9-13(18)17(16(21)24-2,26-19(22)23)14(10-12)25-15(20)11-6-4-3-5-7-11/h3-7,12-14H,8-10H2,1-2H3/t12-,13+,14+,17-/m1/s1. The number of hydrogen-bond acceptors (Lipinski definition) is 8. The van der Waals surface area contributed by atoms with Crippen LogP contribution in [-0.4, -0.2) is 59.9 Å². The summed E-state index contributed by atoms with van der Waals surface area (Å²) in [5, 5.41) is 10.2. The Labute approximate surface area is 149 Å². The van der Waals surface area contributed by atoms with Gasteiger partial charge in [-0.2, -0.15) is 0 Å². The molecule has 0 aromatic heterocycles. The van der Waals surface area contributed by atoms with Gasteiger partial charge in [-0.05, 0) is 32.0 Å². The molecule has 2 aliphatic rings. The van der Waals surface area contributed by atoms with Gasteiger partial charge in [-0.3, -0.25) is 9.74 Å². The van der Waals surface area contributed by atoms with E-state index in [0.29, 0.717) is 12.0 Å². The molecule has 0 unspecified atom stereocenters. The fraction of sp³-hybridized carbons (Fsp3) is 0.529. The van der Waals surface area contributed by atoms with Crippen molar-refractivity contribution in [2.24, 2.45) is 0 Å². The van der Waals surface area contributed by atoms with Crippen LogP contribution in [-0.2, 0) is 19.1 Å². The minimum Gasteiger partial charge on any atom is -0.467 e. The Morgan fingerprint density at radius 3 is 2.58 bits per heavy atom. The van der Waals surface area contributed by atoms with Crippen LogP contribution in [0, 0.1) is 10.1 Å². The number of methoxy groups -OCH3 is 1. The second kappa shape index (κ2) is 6.91. The van der Waals surface area contributed by atoms with Gasteiger partial charge in [-0.25, -0.2) is 9.59 Å². The molecule has 0 radical (unpaired) electrons. The van der Waals surface area contributed by atoms with Crippen molar-refractivity contribution in [3.63, 3.8) is 0 Å². The molecular formula is C17H20N2O7. The van der Waals surface area contributed by atoms with Gasteiger partial charge in [0.05, 0.1) is 18.7 Å². The predicted molar refractivity (Wildman–Crippen MR) is 87.7 cm³/mol. The molecule has 9 nitrogen and oxygen atoms in total. The highest BCUT2D eigenvalue weighted by atomic mass is 17.0. The molecule has 140 valence electrons. The number of hydrogen-bond donors (Lipinski definition) is 0. The third-order valence-electron chi connectivity index (χ3n) is 5.29. The van der Waals surface area contributed by atoms with E-state index in [1.165, 1.54) is 0 Å². The largest absolute Gasteiger partial charge is 0.467 e. The second-order valence-corrected chi connectivity index (χ2v) is 6.51. The third kappa shape index (κ3) is 2.88. The molecule has 1 aromatic carbocycles. The number of ether oxygens (including phenoxy) is 2. The average Bonchev–Trinajstić information content (AvgIpc) is 2.91. The fourth-order valence-electron chi connectivity index (χ4n) is 4.06. The normalized spacial score (nSPS) is 30.5. The van der Waals surface area contributed by atoms with Crippen LogP contribution >= 0.6 is 0 Å². The number of carbonyl (C=O) groups excluding carboxylic acids is 2. The van der Waals surface area contributed by atoms with Gasteiger partial charge in [-0.1, -0.05) is 18.2 Å². The first-order chi connectivity index (χ1) is 12.4. The Morgan fingerprint density at radius 2 is 1.96 bits per heavy atom. The summed E-state index contributed by atoms with van der Waals surface area (Å²) in [6.07, 6.45) is 0.347. The first-order valence-corrected chi connectivity index (χ1v) is 8.30. The Hall–Kier alpha value is -2.68. The Bertz CT molecular complexity index is 710. The summed E-state index contributed by atoms with van der Waals surface area (Å²) >= 11 is 0. The van der Waals surface area contributed by atoms with Crippen LogP contribution in [0.3, 0.4) is 0 Å². The molecule has 0 aliphatic carbocycles. The van der Waals surface area contributed by atoms with Gasteiger partial charge in [0, 0.05) is 12.5 Å². The minimum absolute atomic E-state index is 0.0432. The molecule has 3 rings (SSSR count). The van der Waals surface area contributed by atoms with E-state index in [-0.39, 0.29) is 12.5 Å². The van der Waals surface area contributed by atoms with Crippen LogP contribution in [0.15, 0.2) is 30.3 Å². The van der Waals surface area contributed by atoms with Gasteiger partial charge in [0.15, 0.2) is 0 Å². The zero-order valence-corrected chi connectivity index (χ0v) is 14.5. The summed E-state index contributed by atoms with van der Waals surface area (Å²) < 4.78 is 10.4. The predicted octanol–water partition coefficient (Wildman–Crippen LogP) is 1.20. The lowest BCUT2D eigenvalue weighted by molar-refractivity contribution is -0.781. The van der Waals surface area contributed by atoms with Gasteiger partial charge in [-0.15, -0.1) is 10.1 Å². The van der Waals surface area contributed by atoms with Gasteiger partial charge in [0.2, 0.25) is 0 Å². The molecule has 1 aromatic rings. The zero-order valence-electron chi connectivity index (χ0n) is 14.5. The highest BCUT2D eigenvalue weighted by Gasteiger charge is 2.65. The van der Waals surface area contributed by atoms with E-state index in [2.05, 4.69) is 0 Å².